The molecule has 1 heterocycles. The lowest BCUT2D eigenvalue weighted by atomic mass is 9.96. The van der Waals surface area contributed by atoms with E-state index in [1.165, 1.54) is 6.42 Å². The van der Waals surface area contributed by atoms with Crippen molar-refractivity contribution < 1.29 is 9.84 Å². The standard InChI is InChI=1S/C19H29N3O2.HI/c1-2-20-19(22-12-10-16(23)11-13-22)21-14-15-6-3-4-9-18(15)24-17-7-5-8-17;/h3-4,6,9,16-17,23H,2,5,7-8,10-14H2,1H3,(H,20,21);1H. The molecule has 1 saturated carbocycles. The van der Waals surface area contributed by atoms with Gasteiger partial charge in [-0.3, -0.25) is 0 Å². The number of piperidine rings is 1. The summed E-state index contributed by atoms with van der Waals surface area (Å²) in [5.41, 5.74) is 1.14. The second-order valence-electron chi connectivity index (χ2n) is 6.67. The number of ether oxygens (including phenoxy) is 1. The molecule has 25 heavy (non-hydrogen) atoms. The van der Waals surface area contributed by atoms with Crippen molar-refractivity contribution in [3.8, 4) is 5.75 Å². The number of rotatable bonds is 5. The molecule has 0 aromatic heterocycles. The highest BCUT2D eigenvalue weighted by Gasteiger charge is 2.21. The molecular weight excluding hydrogens is 429 g/mol. The van der Waals surface area contributed by atoms with Crippen LogP contribution in [0.5, 0.6) is 5.75 Å². The Bertz CT molecular complexity index is 555. The first-order chi connectivity index (χ1) is 11.8. The van der Waals surface area contributed by atoms with Crippen LogP contribution in [0, 0.1) is 0 Å². The van der Waals surface area contributed by atoms with E-state index in [0.29, 0.717) is 12.6 Å². The van der Waals surface area contributed by atoms with E-state index in [-0.39, 0.29) is 30.1 Å². The predicted octanol–water partition coefficient (Wildman–Crippen LogP) is 3.16. The van der Waals surface area contributed by atoms with Crippen molar-refractivity contribution in [1.29, 1.82) is 0 Å². The van der Waals surface area contributed by atoms with Crippen LogP contribution >= 0.6 is 24.0 Å². The second kappa shape index (κ2) is 10.2. The Kier molecular flexibility index (Phi) is 8.29. The highest BCUT2D eigenvalue weighted by molar-refractivity contribution is 14.0. The topological polar surface area (TPSA) is 57.1 Å². The summed E-state index contributed by atoms with van der Waals surface area (Å²) < 4.78 is 6.10. The average Bonchev–Trinajstić information content (AvgIpc) is 2.56. The van der Waals surface area contributed by atoms with E-state index in [1.54, 1.807) is 0 Å². The number of aliphatic imine (C=N–C) groups is 1. The molecule has 0 radical (unpaired) electrons. The summed E-state index contributed by atoms with van der Waals surface area (Å²) in [6.07, 6.45) is 5.44. The van der Waals surface area contributed by atoms with E-state index in [2.05, 4.69) is 23.2 Å². The third-order valence-electron chi connectivity index (χ3n) is 4.82. The molecule has 1 aromatic carbocycles. The Morgan fingerprint density at radius 3 is 2.60 bits per heavy atom. The fourth-order valence-corrected chi connectivity index (χ4v) is 3.08. The summed E-state index contributed by atoms with van der Waals surface area (Å²) in [5, 5.41) is 13.1. The number of benzene rings is 1. The van der Waals surface area contributed by atoms with Crippen LogP contribution < -0.4 is 10.1 Å². The van der Waals surface area contributed by atoms with Crippen LogP contribution in [0.25, 0.3) is 0 Å². The fourth-order valence-electron chi connectivity index (χ4n) is 3.08. The summed E-state index contributed by atoms with van der Waals surface area (Å²) in [4.78, 5) is 7.06. The molecule has 0 amide bonds. The Morgan fingerprint density at radius 2 is 1.96 bits per heavy atom. The van der Waals surface area contributed by atoms with Crippen molar-refractivity contribution in [2.45, 2.75) is 57.8 Å². The van der Waals surface area contributed by atoms with Gasteiger partial charge in [0.15, 0.2) is 5.96 Å². The Morgan fingerprint density at radius 1 is 1.24 bits per heavy atom. The van der Waals surface area contributed by atoms with Crippen molar-refractivity contribution in [3.05, 3.63) is 29.8 Å². The summed E-state index contributed by atoms with van der Waals surface area (Å²) >= 11 is 0. The highest BCUT2D eigenvalue weighted by Crippen LogP contribution is 2.28. The van der Waals surface area contributed by atoms with Crippen LogP contribution in [-0.4, -0.2) is 47.8 Å². The first-order valence-corrected chi connectivity index (χ1v) is 9.22. The van der Waals surface area contributed by atoms with E-state index in [0.717, 1.165) is 62.6 Å². The molecule has 0 spiro atoms. The number of halogens is 1. The highest BCUT2D eigenvalue weighted by atomic mass is 127. The van der Waals surface area contributed by atoms with Crippen LogP contribution in [0.15, 0.2) is 29.3 Å². The molecule has 2 fully saturated rings. The van der Waals surface area contributed by atoms with Crippen molar-refractivity contribution in [2.24, 2.45) is 4.99 Å². The van der Waals surface area contributed by atoms with Gasteiger partial charge in [-0.1, -0.05) is 18.2 Å². The van der Waals surface area contributed by atoms with E-state index in [9.17, 15) is 5.11 Å². The number of guanidine groups is 1. The first-order valence-electron chi connectivity index (χ1n) is 9.22. The Hall–Kier alpha value is -1.02. The normalized spacial score (nSPS) is 19.1. The smallest absolute Gasteiger partial charge is 0.194 e. The van der Waals surface area contributed by atoms with Gasteiger partial charge < -0.3 is 20.1 Å². The van der Waals surface area contributed by atoms with Gasteiger partial charge in [0.25, 0.3) is 0 Å². The van der Waals surface area contributed by atoms with Crippen molar-refractivity contribution in [1.82, 2.24) is 10.2 Å². The maximum atomic E-state index is 9.69. The molecule has 2 N–H and O–H groups in total. The average molecular weight is 459 g/mol. The summed E-state index contributed by atoms with van der Waals surface area (Å²) in [6, 6.07) is 8.22. The van der Waals surface area contributed by atoms with Crippen molar-refractivity contribution >= 4 is 29.9 Å². The zero-order valence-electron chi connectivity index (χ0n) is 15.0. The predicted molar refractivity (Wildman–Crippen MR) is 112 cm³/mol. The van der Waals surface area contributed by atoms with Gasteiger partial charge in [0, 0.05) is 25.2 Å². The second-order valence-corrected chi connectivity index (χ2v) is 6.67. The molecule has 5 nitrogen and oxygen atoms in total. The van der Waals surface area contributed by atoms with E-state index < -0.39 is 0 Å². The minimum Gasteiger partial charge on any atom is -0.490 e. The first kappa shape index (κ1) is 20.3. The number of hydrogen-bond acceptors (Lipinski definition) is 3. The maximum absolute atomic E-state index is 9.69. The van der Waals surface area contributed by atoms with Gasteiger partial charge in [-0.2, -0.15) is 0 Å². The van der Waals surface area contributed by atoms with Gasteiger partial charge in [0.1, 0.15) is 5.75 Å². The molecule has 0 bridgehead atoms. The lowest BCUT2D eigenvalue weighted by molar-refractivity contribution is 0.108. The molecule has 1 saturated heterocycles. The fraction of sp³-hybridized carbons (Fsp3) is 0.632. The van der Waals surface area contributed by atoms with Crippen LogP contribution in [0.3, 0.4) is 0 Å². The van der Waals surface area contributed by atoms with Gasteiger partial charge in [-0.15, -0.1) is 24.0 Å². The van der Waals surface area contributed by atoms with Gasteiger partial charge in [0.05, 0.1) is 18.8 Å². The molecule has 0 unspecified atom stereocenters. The monoisotopic (exact) mass is 459 g/mol. The number of nitrogens with one attached hydrogen (secondary N) is 1. The molecular formula is C19H30IN3O2. The molecule has 1 aromatic rings. The van der Waals surface area contributed by atoms with Crippen LogP contribution in [-0.2, 0) is 6.54 Å². The Balaban J connectivity index is 0.00000225. The summed E-state index contributed by atoms with van der Waals surface area (Å²) in [6.45, 7) is 5.25. The van der Waals surface area contributed by atoms with Crippen LogP contribution in [0.2, 0.25) is 0 Å². The van der Waals surface area contributed by atoms with Gasteiger partial charge in [0.2, 0.25) is 0 Å². The number of para-hydroxylation sites is 1. The number of likely N-dealkylation sites (tertiary alicyclic amines) is 1. The Labute approximate surface area is 167 Å². The molecule has 1 aliphatic heterocycles. The minimum absolute atomic E-state index is 0. The van der Waals surface area contributed by atoms with Crippen molar-refractivity contribution in [2.75, 3.05) is 19.6 Å². The molecule has 3 rings (SSSR count). The molecule has 140 valence electrons. The quantitative estimate of drug-likeness (QED) is 0.404. The van der Waals surface area contributed by atoms with E-state index in [4.69, 9.17) is 9.73 Å². The lowest BCUT2D eigenvalue weighted by Gasteiger charge is -2.32. The molecule has 1 aliphatic carbocycles. The van der Waals surface area contributed by atoms with Crippen LogP contribution in [0.1, 0.15) is 44.6 Å². The van der Waals surface area contributed by atoms with E-state index >= 15 is 0 Å². The molecule has 2 aliphatic rings. The summed E-state index contributed by atoms with van der Waals surface area (Å²) in [5.74, 6) is 1.90. The van der Waals surface area contributed by atoms with Gasteiger partial charge in [-0.05, 0) is 45.1 Å². The van der Waals surface area contributed by atoms with E-state index in [1.807, 2.05) is 18.2 Å². The number of aliphatic hydroxyl groups is 1. The lowest BCUT2D eigenvalue weighted by Crippen LogP contribution is -2.46. The molecule has 0 atom stereocenters. The third-order valence-corrected chi connectivity index (χ3v) is 4.82. The zero-order chi connectivity index (χ0) is 16.8. The number of aliphatic hydroxyl groups excluding tert-OH is 1. The summed E-state index contributed by atoms with van der Waals surface area (Å²) in [7, 11) is 0. The molecule has 6 heteroatoms. The SMILES string of the molecule is CCNC(=NCc1ccccc1OC1CCC1)N1CCC(O)CC1.I. The number of hydrogen-bond donors (Lipinski definition) is 2. The van der Waals surface area contributed by atoms with Gasteiger partial charge >= 0.3 is 0 Å². The zero-order valence-corrected chi connectivity index (χ0v) is 17.3. The van der Waals surface area contributed by atoms with Gasteiger partial charge in [-0.25, -0.2) is 4.99 Å². The largest absolute Gasteiger partial charge is 0.490 e. The minimum atomic E-state index is -0.166. The number of nitrogens with zero attached hydrogens (tertiary/aromatic N) is 2. The van der Waals surface area contributed by atoms with Crippen molar-refractivity contribution in [3.63, 3.8) is 0 Å². The third kappa shape index (κ3) is 5.74. The maximum Gasteiger partial charge on any atom is 0.194 e. The van der Waals surface area contributed by atoms with Crippen LogP contribution in [0.4, 0.5) is 0 Å².